The number of H-pyrrole nitrogens is 1. The highest BCUT2D eigenvalue weighted by atomic mass is 35.5. The van der Waals surface area contributed by atoms with Gasteiger partial charge in [0.1, 0.15) is 0 Å². The van der Waals surface area contributed by atoms with E-state index in [1.807, 2.05) is 24.8 Å². The monoisotopic (exact) mass is 337 g/mol. The number of aryl methyl sites for hydroxylation is 2. The molecule has 22 heavy (non-hydrogen) atoms. The van der Waals surface area contributed by atoms with Crippen LogP contribution < -0.4 is 0 Å². The van der Waals surface area contributed by atoms with Gasteiger partial charge in [-0.25, -0.2) is 0 Å². The lowest BCUT2D eigenvalue weighted by atomic mass is 9.99. The maximum Gasteiger partial charge on any atom is 0.227 e. The molecule has 1 amide bonds. The Morgan fingerprint density at radius 2 is 2.14 bits per heavy atom. The predicted molar refractivity (Wildman–Crippen MR) is 87.3 cm³/mol. The van der Waals surface area contributed by atoms with Gasteiger partial charge in [0.15, 0.2) is 0 Å². The molecular weight excluding hydrogens is 321 g/mol. The molecule has 4 nitrogen and oxygen atoms in total. The summed E-state index contributed by atoms with van der Waals surface area (Å²) in [7, 11) is 0. The van der Waals surface area contributed by atoms with Gasteiger partial charge in [0.05, 0.1) is 12.1 Å². The number of hydrogen-bond donors (Lipinski definition) is 1. The predicted octanol–water partition coefficient (Wildman–Crippen LogP) is 3.46. The molecule has 6 heteroatoms. The molecule has 2 heterocycles. The topological polar surface area (TPSA) is 49.0 Å². The molecule has 0 fully saturated rings. The van der Waals surface area contributed by atoms with Gasteiger partial charge in [-0.1, -0.05) is 23.2 Å². The van der Waals surface area contributed by atoms with Crippen LogP contribution in [-0.2, 0) is 24.2 Å². The maximum absolute atomic E-state index is 12.6. The summed E-state index contributed by atoms with van der Waals surface area (Å²) in [6, 6.07) is 3.66. The summed E-state index contributed by atoms with van der Waals surface area (Å²) in [6.45, 7) is 5.10. The maximum atomic E-state index is 12.6. The summed E-state index contributed by atoms with van der Waals surface area (Å²) in [5, 5.41) is 8.36. The van der Waals surface area contributed by atoms with Crippen LogP contribution in [0, 0.1) is 13.8 Å². The number of rotatable bonds is 2. The van der Waals surface area contributed by atoms with Crippen LogP contribution in [0.25, 0.3) is 0 Å². The normalized spacial score (nSPS) is 14.1. The van der Waals surface area contributed by atoms with Crippen molar-refractivity contribution in [3.05, 3.63) is 50.3 Å². The van der Waals surface area contributed by atoms with E-state index in [9.17, 15) is 4.79 Å². The number of aromatic amines is 1. The quantitative estimate of drug-likeness (QED) is 0.912. The molecule has 1 aromatic heterocycles. The van der Waals surface area contributed by atoms with Crippen LogP contribution in [0.5, 0.6) is 0 Å². The molecular formula is C16H17Cl2N3O. The van der Waals surface area contributed by atoms with Crippen LogP contribution in [-0.4, -0.2) is 27.5 Å². The lowest BCUT2D eigenvalue weighted by Crippen LogP contribution is -2.37. The lowest BCUT2D eigenvalue weighted by molar-refractivity contribution is -0.131. The van der Waals surface area contributed by atoms with Crippen LogP contribution >= 0.6 is 23.2 Å². The smallest absolute Gasteiger partial charge is 0.227 e. The van der Waals surface area contributed by atoms with Gasteiger partial charge in [-0.05, 0) is 43.5 Å². The first kappa shape index (κ1) is 15.4. The summed E-state index contributed by atoms with van der Waals surface area (Å²) in [6.07, 6.45) is 1.14. The first-order valence-corrected chi connectivity index (χ1v) is 7.96. The average molecular weight is 338 g/mol. The lowest BCUT2D eigenvalue weighted by Gasteiger charge is -2.29. The molecule has 0 radical (unpaired) electrons. The molecule has 1 aliphatic heterocycles. The van der Waals surface area contributed by atoms with E-state index in [2.05, 4.69) is 10.2 Å². The van der Waals surface area contributed by atoms with Crippen molar-refractivity contribution in [2.24, 2.45) is 0 Å². The number of carbonyl (C=O) groups excluding carboxylic acids is 1. The molecule has 116 valence electrons. The van der Waals surface area contributed by atoms with E-state index in [-0.39, 0.29) is 5.91 Å². The Morgan fingerprint density at radius 3 is 2.82 bits per heavy atom. The summed E-state index contributed by atoms with van der Waals surface area (Å²) in [5.41, 5.74) is 4.96. The van der Waals surface area contributed by atoms with Crippen LogP contribution in [0.2, 0.25) is 10.0 Å². The number of hydrogen-bond acceptors (Lipinski definition) is 2. The van der Waals surface area contributed by atoms with Crippen molar-refractivity contribution in [3.8, 4) is 0 Å². The second-order valence-electron chi connectivity index (χ2n) is 5.68. The van der Waals surface area contributed by atoms with Crippen LogP contribution in [0.1, 0.15) is 28.1 Å². The Bertz CT molecular complexity index is 720. The minimum Gasteiger partial charge on any atom is -0.338 e. The zero-order valence-corrected chi connectivity index (χ0v) is 14.1. The van der Waals surface area contributed by atoms with Crippen LogP contribution in [0.3, 0.4) is 0 Å². The summed E-state index contributed by atoms with van der Waals surface area (Å²) in [5.74, 6) is 0.106. The van der Waals surface area contributed by atoms with E-state index in [4.69, 9.17) is 23.2 Å². The Labute approximate surface area is 139 Å². The fourth-order valence-corrected chi connectivity index (χ4v) is 3.55. The molecule has 0 aliphatic carbocycles. The average Bonchev–Trinajstić information content (AvgIpc) is 2.78. The second-order valence-corrected chi connectivity index (χ2v) is 6.52. The SMILES string of the molecule is Cc1n[nH]c(C)c1CC(=O)N1CCc2c(Cl)cc(Cl)cc2C1. The molecule has 0 saturated heterocycles. The Kier molecular flexibility index (Phi) is 4.15. The third kappa shape index (κ3) is 2.85. The molecule has 0 bridgehead atoms. The number of fused-ring (bicyclic) bond motifs is 1. The highest BCUT2D eigenvalue weighted by Crippen LogP contribution is 2.30. The molecule has 0 atom stereocenters. The van der Waals surface area contributed by atoms with E-state index < -0.39 is 0 Å². The van der Waals surface area contributed by atoms with Crippen LogP contribution in [0.15, 0.2) is 12.1 Å². The van der Waals surface area contributed by atoms with E-state index in [0.29, 0.717) is 29.6 Å². The van der Waals surface area contributed by atoms with Gasteiger partial charge < -0.3 is 4.90 Å². The van der Waals surface area contributed by atoms with E-state index in [0.717, 1.165) is 34.5 Å². The van der Waals surface area contributed by atoms with Gasteiger partial charge >= 0.3 is 0 Å². The first-order valence-electron chi connectivity index (χ1n) is 7.20. The number of amides is 1. The first-order chi connectivity index (χ1) is 10.5. The molecule has 0 unspecified atom stereocenters. The van der Waals surface area contributed by atoms with Gasteiger partial charge in [0.2, 0.25) is 5.91 Å². The molecule has 2 aromatic rings. The zero-order valence-electron chi connectivity index (χ0n) is 12.5. The number of carbonyl (C=O) groups is 1. The van der Waals surface area contributed by atoms with Crippen molar-refractivity contribution in [2.45, 2.75) is 33.2 Å². The fourth-order valence-electron chi connectivity index (χ4n) is 2.92. The van der Waals surface area contributed by atoms with Gasteiger partial charge in [0, 0.05) is 34.4 Å². The van der Waals surface area contributed by atoms with Crippen molar-refractivity contribution in [3.63, 3.8) is 0 Å². The molecule has 3 rings (SSSR count). The van der Waals surface area contributed by atoms with Crippen molar-refractivity contribution < 1.29 is 4.79 Å². The fraction of sp³-hybridized carbons (Fsp3) is 0.375. The molecule has 1 N–H and O–H groups in total. The number of halogens is 2. The van der Waals surface area contributed by atoms with E-state index in [1.165, 1.54) is 0 Å². The third-order valence-corrected chi connectivity index (χ3v) is 4.76. The Morgan fingerprint density at radius 1 is 1.36 bits per heavy atom. The van der Waals surface area contributed by atoms with Gasteiger partial charge in [-0.3, -0.25) is 9.89 Å². The van der Waals surface area contributed by atoms with E-state index >= 15 is 0 Å². The summed E-state index contributed by atoms with van der Waals surface area (Å²) >= 11 is 12.3. The Hall–Kier alpha value is -1.52. The van der Waals surface area contributed by atoms with Crippen molar-refractivity contribution in [1.82, 2.24) is 15.1 Å². The Balaban J connectivity index is 1.78. The molecule has 1 aliphatic rings. The molecule has 0 saturated carbocycles. The highest BCUT2D eigenvalue weighted by Gasteiger charge is 2.24. The minimum absolute atomic E-state index is 0.106. The molecule has 0 spiro atoms. The van der Waals surface area contributed by atoms with Gasteiger partial charge in [-0.15, -0.1) is 0 Å². The number of benzene rings is 1. The number of nitrogens with one attached hydrogen (secondary N) is 1. The summed E-state index contributed by atoms with van der Waals surface area (Å²) < 4.78 is 0. The zero-order chi connectivity index (χ0) is 15.9. The summed E-state index contributed by atoms with van der Waals surface area (Å²) in [4.78, 5) is 14.4. The van der Waals surface area contributed by atoms with Crippen molar-refractivity contribution in [1.29, 1.82) is 0 Å². The number of aromatic nitrogens is 2. The number of nitrogens with zero attached hydrogens (tertiary/aromatic N) is 2. The van der Waals surface area contributed by atoms with E-state index in [1.54, 1.807) is 6.07 Å². The third-order valence-electron chi connectivity index (χ3n) is 4.21. The second kappa shape index (κ2) is 5.94. The van der Waals surface area contributed by atoms with Gasteiger partial charge in [-0.2, -0.15) is 5.10 Å². The molecule has 1 aromatic carbocycles. The van der Waals surface area contributed by atoms with Crippen molar-refractivity contribution >= 4 is 29.1 Å². The minimum atomic E-state index is 0.106. The standard InChI is InChI=1S/C16H17Cl2N3O/c1-9-14(10(2)20-19-9)7-16(22)21-4-3-13-11(8-21)5-12(17)6-15(13)18/h5-6H,3-4,7-8H2,1-2H3,(H,19,20). The largest absolute Gasteiger partial charge is 0.338 e. The highest BCUT2D eigenvalue weighted by molar-refractivity contribution is 6.35. The van der Waals surface area contributed by atoms with Gasteiger partial charge in [0.25, 0.3) is 0 Å². The van der Waals surface area contributed by atoms with Crippen molar-refractivity contribution in [2.75, 3.05) is 6.54 Å². The van der Waals surface area contributed by atoms with Crippen LogP contribution in [0.4, 0.5) is 0 Å².